The molecule has 4 nitrogen and oxygen atoms in total. The maximum absolute atomic E-state index is 11.3. The molecular formula is C12H26N2O2S. The summed E-state index contributed by atoms with van der Waals surface area (Å²) in [6.45, 7) is 4.36. The van der Waals surface area contributed by atoms with Crippen molar-refractivity contribution in [3.05, 3.63) is 0 Å². The van der Waals surface area contributed by atoms with Gasteiger partial charge in [-0.2, -0.15) is 0 Å². The van der Waals surface area contributed by atoms with Crippen LogP contribution in [0.25, 0.3) is 0 Å². The lowest BCUT2D eigenvalue weighted by Gasteiger charge is -2.40. The first-order valence-electron chi connectivity index (χ1n) is 6.56. The molecule has 2 N–H and O–H groups in total. The Hall–Kier alpha value is -0.130. The number of sulfone groups is 1. The number of hydrogen-bond acceptors (Lipinski definition) is 4. The van der Waals surface area contributed by atoms with Crippen molar-refractivity contribution in [2.75, 3.05) is 31.6 Å². The van der Waals surface area contributed by atoms with Crippen LogP contribution < -0.4 is 5.73 Å². The van der Waals surface area contributed by atoms with Crippen molar-refractivity contribution in [3.8, 4) is 0 Å². The molecule has 0 radical (unpaired) electrons. The molecule has 1 aliphatic carbocycles. The third-order valence-corrected chi connectivity index (χ3v) is 4.73. The molecule has 102 valence electrons. The van der Waals surface area contributed by atoms with E-state index in [9.17, 15) is 8.42 Å². The molecule has 0 spiro atoms. The molecule has 0 aromatic carbocycles. The van der Waals surface area contributed by atoms with E-state index in [-0.39, 0.29) is 11.3 Å². The van der Waals surface area contributed by atoms with Gasteiger partial charge in [-0.3, -0.25) is 4.90 Å². The monoisotopic (exact) mass is 262 g/mol. The molecule has 0 bridgehead atoms. The van der Waals surface area contributed by atoms with Gasteiger partial charge in [0.25, 0.3) is 0 Å². The van der Waals surface area contributed by atoms with Gasteiger partial charge in [-0.1, -0.05) is 19.8 Å². The van der Waals surface area contributed by atoms with Gasteiger partial charge in [0.2, 0.25) is 0 Å². The normalized spacial score (nSPS) is 20.0. The van der Waals surface area contributed by atoms with Crippen LogP contribution in [0.4, 0.5) is 0 Å². The highest BCUT2D eigenvalue weighted by atomic mass is 32.2. The van der Waals surface area contributed by atoms with E-state index in [1.54, 1.807) is 0 Å². The Bertz CT molecular complexity index is 321. The molecule has 1 rings (SSSR count). The molecule has 0 aromatic rings. The zero-order valence-electron chi connectivity index (χ0n) is 11.1. The molecule has 0 amide bonds. The molecule has 0 heterocycles. The molecule has 1 fully saturated rings. The van der Waals surface area contributed by atoms with Crippen molar-refractivity contribution < 1.29 is 8.42 Å². The number of nitrogens with zero attached hydrogens (tertiary/aromatic N) is 1. The lowest BCUT2D eigenvalue weighted by molar-refractivity contribution is 0.106. The highest BCUT2D eigenvalue weighted by Gasteiger charge is 2.37. The number of nitrogens with two attached hydrogens (primary N) is 1. The van der Waals surface area contributed by atoms with E-state index >= 15 is 0 Å². The van der Waals surface area contributed by atoms with Crippen molar-refractivity contribution >= 4 is 9.84 Å². The molecule has 0 aliphatic heterocycles. The van der Waals surface area contributed by atoms with Crippen molar-refractivity contribution in [2.45, 2.75) is 44.6 Å². The second-order valence-electron chi connectivity index (χ2n) is 5.25. The van der Waals surface area contributed by atoms with E-state index in [0.29, 0.717) is 13.1 Å². The molecule has 17 heavy (non-hydrogen) atoms. The lowest BCUT2D eigenvalue weighted by Crippen LogP contribution is -2.53. The minimum absolute atomic E-state index is 0.0701. The summed E-state index contributed by atoms with van der Waals surface area (Å²) in [7, 11) is -2.88. The van der Waals surface area contributed by atoms with Crippen LogP contribution in [-0.2, 0) is 9.84 Å². The van der Waals surface area contributed by atoms with Gasteiger partial charge in [0, 0.05) is 24.9 Å². The van der Waals surface area contributed by atoms with E-state index in [1.165, 1.54) is 19.1 Å². The summed E-state index contributed by atoms with van der Waals surface area (Å²) in [5, 5.41) is 0. The van der Waals surface area contributed by atoms with Gasteiger partial charge < -0.3 is 5.73 Å². The quantitative estimate of drug-likeness (QED) is 0.744. The predicted molar refractivity (Wildman–Crippen MR) is 71.8 cm³/mol. The second-order valence-corrected chi connectivity index (χ2v) is 7.51. The lowest BCUT2D eigenvalue weighted by atomic mass is 9.95. The molecule has 0 saturated heterocycles. The topological polar surface area (TPSA) is 63.4 Å². The minimum atomic E-state index is -2.88. The van der Waals surface area contributed by atoms with Crippen LogP contribution in [0, 0.1) is 0 Å². The smallest absolute Gasteiger partial charge is 0.148 e. The van der Waals surface area contributed by atoms with Crippen LogP contribution in [-0.4, -0.2) is 50.5 Å². The summed E-state index contributed by atoms with van der Waals surface area (Å²) in [5.74, 6) is 0.245. The summed E-state index contributed by atoms with van der Waals surface area (Å²) >= 11 is 0. The Morgan fingerprint density at radius 1 is 1.24 bits per heavy atom. The van der Waals surface area contributed by atoms with Gasteiger partial charge >= 0.3 is 0 Å². The maximum atomic E-state index is 11.3. The van der Waals surface area contributed by atoms with E-state index in [4.69, 9.17) is 5.73 Å². The Balaban J connectivity index is 2.69. The summed E-state index contributed by atoms with van der Waals surface area (Å²) in [4.78, 5) is 2.32. The largest absolute Gasteiger partial charge is 0.329 e. The van der Waals surface area contributed by atoms with Gasteiger partial charge in [0.1, 0.15) is 9.84 Å². The van der Waals surface area contributed by atoms with E-state index in [0.717, 1.165) is 25.8 Å². The van der Waals surface area contributed by atoms with Crippen LogP contribution in [0.5, 0.6) is 0 Å². The molecule has 0 aromatic heterocycles. The second kappa shape index (κ2) is 6.16. The zero-order valence-corrected chi connectivity index (χ0v) is 11.9. The van der Waals surface area contributed by atoms with E-state index in [2.05, 4.69) is 11.8 Å². The predicted octanol–water partition coefficient (Wildman–Crippen LogP) is 1.01. The Morgan fingerprint density at radius 2 is 1.82 bits per heavy atom. The van der Waals surface area contributed by atoms with Gasteiger partial charge in [-0.05, 0) is 25.8 Å². The van der Waals surface area contributed by atoms with E-state index < -0.39 is 9.84 Å². The fourth-order valence-corrected chi connectivity index (χ4v) is 3.37. The Kier molecular flexibility index (Phi) is 5.41. The fourth-order valence-electron chi connectivity index (χ4n) is 2.81. The molecule has 1 aliphatic rings. The van der Waals surface area contributed by atoms with Crippen LogP contribution in [0.1, 0.15) is 39.0 Å². The van der Waals surface area contributed by atoms with Crippen molar-refractivity contribution in [1.82, 2.24) is 4.90 Å². The van der Waals surface area contributed by atoms with Gasteiger partial charge in [0.05, 0.1) is 5.75 Å². The van der Waals surface area contributed by atoms with Crippen LogP contribution in [0.15, 0.2) is 0 Å². The minimum Gasteiger partial charge on any atom is -0.329 e. The highest BCUT2D eigenvalue weighted by Crippen LogP contribution is 2.34. The van der Waals surface area contributed by atoms with Gasteiger partial charge in [-0.25, -0.2) is 8.42 Å². The fraction of sp³-hybridized carbons (Fsp3) is 1.00. The van der Waals surface area contributed by atoms with Crippen molar-refractivity contribution in [3.63, 3.8) is 0 Å². The SMILES string of the molecule is CCCN(CCS(C)(=O)=O)C1(CN)CCCC1. The summed E-state index contributed by atoms with van der Waals surface area (Å²) in [6.07, 6.45) is 7.03. The summed E-state index contributed by atoms with van der Waals surface area (Å²) in [6, 6.07) is 0. The number of rotatable bonds is 7. The van der Waals surface area contributed by atoms with Crippen LogP contribution in [0.3, 0.4) is 0 Å². The molecule has 1 saturated carbocycles. The Morgan fingerprint density at radius 3 is 2.24 bits per heavy atom. The third-order valence-electron chi connectivity index (χ3n) is 3.81. The molecule has 0 atom stereocenters. The zero-order chi connectivity index (χ0) is 12.9. The van der Waals surface area contributed by atoms with Crippen LogP contribution in [0.2, 0.25) is 0 Å². The van der Waals surface area contributed by atoms with E-state index in [1.807, 2.05) is 0 Å². The van der Waals surface area contributed by atoms with Gasteiger partial charge in [-0.15, -0.1) is 0 Å². The van der Waals surface area contributed by atoms with Gasteiger partial charge in [0.15, 0.2) is 0 Å². The highest BCUT2D eigenvalue weighted by molar-refractivity contribution is 7.90. The maximum Gasteiger partial charge on any atom is 0.148 e. The molecular weight excluding hydrogens is 236 g/mol. The third kappa shape index (κ3) is 4.23. The number of hydrogen-bond donors (Lipinski definition) is 1. The first kappa shape index (κ1) is 14.9. The first-order chi connectivity index (χ1) is 7.93. The van der Waals surface area contributed by atoms with Crippen LogP contribution >= 0.6 is 0 Å². The first-order valence-corrected chi connectivity index (χ1v) is 8.62. The average Bonchev–Trinajstić information content (AvgIpc) is 2.72. The standard InChI is InChI=1S/C12H26N2O2S/c1-3-8-14(9-10-17(2,15)16)12(11-13)6-4-5-7-12/h3-11,13H2,1-2H3. The summed E-state index contributed by atoms with van der Waals surface area (Å²) < 4.78 is 22.6. The van der Waals surface area contributed by atoms with Crippen molar-refractivity contribution in [1.29, 1.82) is 0 Å². The Labute approximate surface area is 105 Å². The average molecular weight is 262 g/mol. The molecule has 5 heteroatoms. The van der Waals surface area contributed by atoms with Crippen molar-refractivity contribution in [2.24, 2.45) is 5.73 Å². The summed E-state index contributed by atoms with van der Waals surface area (Å²) in [5.41, 5.74) is 6.02. The molecule has 0 unspecified atom stereocenters.